The zero-order chi connectivity index (χ0) is 24.8. The maximum absolute atomic E-state index is 13.8. The van der Waals surface area contributed by atoms with E-state index in [1.165, 1.54) is 16.4 Å². The van der Waals surface area contributed by atoms with E-state index in [2.05, 4.69) is 0 Å². The minimum absolute atomic E-state index is 0.0405. The fraction of sp³-hybridized carbons (Fsp3) is 0.296. The summed E-state index contributed by atoms with van der Waals surface area (Å²) in [5, 5.41) is 0.478. The summed E-state index contributed by atoms with van der Waals surface area (Å²) in [5.74, 6) is -0.0405. The Balaban J connectivity index is 1.65. The Morgan fingerprint density at radius 2 is 1.60 bits per heavy atom. The van der Waals surface area contributed by atoms with Crippen LogP contribution in [0.1, 0.15) is 40.9 Å². The molecule has 6 nitrogen and oxygen atoms in total. The lowest BCUT2D eigenvalue weighted by atomic mass is 10.0. The first-order chi connectivity index (χ1) is 16.9. The molecule has 0 N–H and O–H groups in total. The normalized spacial score (nSPS) is 15.2. The van der Waals surface area contributed by atoms with E-state index >= 15 is 0 Å². The SMILES string of the molecule is CCC(c1ccccc1)N(Cc1ccc(C(=O)N2CCOCC2)cc1)S(=O)(=O)c1ccc(Cl)cc1. The maximum atomic E-state index is 13.8. The van der Waals surface area contributed by atoms with Crippen molar-refractivity contribution < 1.29 is 17.9 Å². The van der Waals surface area contributed by atoms with Crippen LogP contribution in [0.3, 0.4) is 0 Å². The van der Waals surface area contributed by atoms with Crippen LogP contribution in [-0.4, -0.2) is 49.8 Å². The lowest BCUT2D eigenvalue weighted by Crippen LogP contribution is -2.40. The van der Waals surface area contributed by atoms with E-state index in [-0.39, 0.29) is 23.4 Å². The van der Waals surface area contributed by atoms with Crippen molar-refractivity contribution in [3.63, 3.8) is 0 Å². The molecule has 1 fully saturated rings. The summed E-state index contributed by atoms with van der Waals surface area (Å²) < 4.78 is 34.5. The summed E-state index contributed by atoms with van der Waals surface area (Å²) in [6.45, 7) is 4.38. The van der Waals surface area contributed by atoms with Gasteiger partial charge in [-0.05, 0) is 53.9 Å². The van der Waals surface area contributed by atoms with Crippen LogP contribution in [-0.2, 0) is 21.3 Å². The number of rotatable bonds is 8. The number of ether oxygens (including phenoxy) is 1. The molecule has 0 aliphatic carbocycles. The van der Waals surface area contributed by atoms with Gasteiger partial charge < -0.3 is 9.64 Å². The van der Waals surface area contributed by atoms with Crippen molar-refractivity contribution in [2.45, 2.75) is 30.8 Å². The van der Waals surface area contributed by atoms with Gasteiger partial charge in [0, 0.05) is 30.2 Å². The first-order valence-electron chi connectivity index (χ1n) is 11.7. The van der Waals surface area contributed by atoms with E-state index in [0.717, 1.165) is 11.1 Å². The Bertz CT molecular complexity index is 1230. The standard InChI is InChI=1S/C27H29ClN2O4S/c1-2-26(22-6-4-3-5-7-22)30(35(32,33)25-14-12-24(28)13-15-25)20-21-8-10-23(11-9-21)27(31)29-16-18-34-19-17-29/h3-15,26H,2,16-20H2,1H3. The number of morpholine rings is 1. The Labute approximate surface area is 212 Å². The third kappa shape index (κ3) is 5.93. The van der Waals surface area contributed by atoms with Gasteiger partial charge in [0.15, 0.2) is 0 Å². The van der Waals surface area contributed by atoms with Crippen LogP contribution in [0.15, 0.2) is 83.8 Å². The van der Waals surface area contributed by atoms with Crippen molar-refractivity contribution >= 4 is 27.5 Å². The fourth-order valence-corrected chi connectivity index (χ4v) is 6.07. The second-order valence-corrected chi connectivity index (χ2v) is 10.8. The molecule has 0 spiro atoms. The van der Waals surface area contributed by atoms with E-state index in [1.54, 1.807) is 29.2 Å². The fourth-order valence-electron chi connectivity index (χ4n) is 4.27. The predicted octanol–water partition coefficient (Wildman–Crippen LogP) is 5.15. The maximum Gasteiger partial charge on any atom is 0.254 e. The Morgan fingerprint density at radius 1 is 0.971 bits per heavy atom. The molecule has 8 heteroatoms. The van der Waals surface area contributed by atoms with Crippen LogP contribution in [0.5, 0.6) is 0 Å². The van der Waals surface area contributed by atoms with Crippen LogP contribution in [0.2, 0.25) is 5.02 Å². The molecule has 0 aromatic heterocycles. The van der Waals surface area contributed by atoms with Crippen LogP contribution in [0.4, 0.5) is 0 Å². The molecule has 0 saturated carbocycles. The summed E-state index contributed by atoms with van der Waals surface area (Å²) in [6.07, 6.45) is 0.602. The van der Waals surface area contributed by atoms with Gasteiger partial charge in [-0.3, -0.25) is 4.79 Å². The lowest BCUT2D eigenvalue weighted by molar-refractivity contribution is 0.0303. The molecule has 1 atom stereocenters. The Hall–Kier alpha value is -2.71. The van der Waals surface area contributed by atoms with E-state index in [1.807, 2.05) is 49.4 Å². The molecule has 1 unspecified atom stereocenters. The number of carbonyl (C=O) groups is 1. The van der Waals surface area contributed by atoms with Crippen molar-refractivity contribution in [3.05, 3.63) is 101 Å². The van der Waals surface area contributed by atoms with Crippen molar-refractivity contribution in [3.8, 4) is 0 Å². The van der Waals surface area contributed by atoms with E-state index in [0.29, 0.717) is 43.3 Å². The third-order valence-electron chi connectivity index (χ3n) is 6.18. The van der Waals surface area contributed by atoms with Gasteiger partial charge in [-0.25, -0.2) is 8.42 Å². The molecule has 1 heterocycles. The highest BCUT2D eigenvalue weighted by atomic mass is 35.5. The molecular weight excluding hydrogens is 484 g/mol. The number of amides is 1. The third-order valence-corrected chi connectivity index (χ3v) is 8.30. The molecule has 1 aliphatic heterocycles. The quantitative estimate of drug-likeness (QED) is 0.418. The zero-order valence-electron chi connectivity index (χ0n) is 19.6. The van der Waals surface area contributed by atoms with Gasteiger partial charge in [0.05, 0.1) is 24.2 Å². The van der Waals surface area contributed by atoms with Gasteiger partial charge in [0.2, 0.25) is 10.0 Å². The molecule has 0 bridgehead atoms. The zero-order valence-corrected chi connectivity index (χ0v) is 21.2. The molecule has 4 rings (SSSR count). The highest BCUT2D eigenvalue weighted by molar-refractivity contribution is 7.89. The van der Waals surface area contributed by atoms with E-state index < -0.39 is 10.0 Å². The number of carbonyl (C=O) groups excluding carboxylic acids is 1. The lowest BCUT2D eigenvalue weighted by Gasteiger charge is -2.31. The minimum atomic E-state index is -3.83. The first kappa shape index (κ1) is 25.4. The average molecular weight is 513 g/mol. The van der Waals surface area contributed by atoms with Crippen molar-refractivity contribution in [1.29, 1.82) is 0 Å². The predicted molar refractivity (Wildman–Crippen MR) is 137 cm³/mol. The number of halogens is 1. The molecule has 1 amide bonds. The molecule has 1 aliphatic rings. The smallest absolute Gasteiger partial charge is 0.254 e. The van der Waals surface area contributed by atoms with Crippen molar-refractivity contribution in [1.82, 2.24) is 9.21 Å². The second-order valence-electron chi connectivity index (χ2n) is 8.44. The van der Waals surface area contributed by atoms with Gasteiger partial charge >= 0.3 is 0 Å². The Morgan fingerprint density at radius 3 is 2.20 bits per heavy atom. The van der Waals surface area contributed by atoms with Crippen LogP contribution >= 0.6 is 11.6 Å². The van der Waals surface area contributed by atoms with Crippen LogP contribution in [0, 0.1) is 0 Å². The Kier molecular flexibility index (Phi) is 8.23. The summed E-state index contributed by atoms with van der Waals surface area (Å²) in [7, 11) is -3.83. The largest absolute Gasteiger partial charge is 0.378 e. The van der Waals surface area contributed by atoms with Crippen molar-refractivity contribution in [2.24, 2.45) is 0 Å². The summed E-state index contributed by atoms with van der Waals surface area (Å²) in [6, 6.07) is 22.7. The number of sulfonamides is 1. The molecule has 35 heavy (non-hydrogen) atoms. The topological polar surface area (TPSA) is 66.9 Å². The monoisotopic (exact) mass is 512 g/mol. The first-order valence-corrected chi connectivity index (χ1v) is 13.5. The van der Waals surface area contributed by atoms with Crippen LogP contribution in [0.25, 0.3) is 0 Å². The summed E-state index contributed by atoms with van der Waals surface area (Å²) in [4.78, 5) is 14.8. The number of hydrogen-bond donors (Lipinski definition) is 0. The number of hydrogen-bond acceptors (Lipinski definition) is 4. The number of nitrogens with zero attached hydrogens (tertiary/aromatic N) is 2. The van der Waals surface area contributed by atoms with E-state index in [4.69, 9.17) is 16.3 Å². The molecule has 184 valence electrons. The summed E-state index contributed by atoms with van der Waals surface area (Å²) in [5.41, 5.74) is 2.31. The molecule has 3 aromatic rings. The van der Waals surface area contributed by atoms with Gasteiger partial charge in [-0.2, -0.15) is 4.31 Å². The molecule has 1 saturated heterocycles. The van der Waals surface area contributed by atoms with Gasteiger partial charge in [0.1, 0.15) is 0 Å². The van der Waals surface area contributed by atoms with Crippen molar-refractivity contribution in [2.75, 3.05) is 26.3 Å². The van der Waals surface area contributed by atoms with E-state index in [9.17, 15) is 13.2 Å². The number of benzene rings is 3. The van der Waals surface area contributed by atoms with Crippen LogP contribution < -0.4 is 0 Å². The highest BCUT2D eigenvalue weighted by Crippen LogP contribution is 2.32. The van der Waals surface area contributed by atoms with Gasteiger partial charge in [-0.15, -0.1) is 0 Å². The summed E-state index contributed by atoms with van der Waals surface area (Å²) >= 11 is 6.01. The second kappa shape index (κ2) is 11.4. The van der Waals surface area contributed by atoms with Gasteiger partial charge in [0.25, 0.3) is 5.91 Å². The average Bonchev–Trinajstić information content (AvgIpc) is 2.90. The molecule has 3 aromatic carbocycles. The molecular formula is C27H29ClN2O4S. The minimum Gasteiger partial charge on any atom is -0.378 e. The molecule has 0 radical (unpaired) electrons. The van der Waals surface area contributed by atoms with Gasteiger partial charge in [-0.1, -0.05) is 61.0 Å². The highest BCUT2D eigenvalue weighted by Gasteiger charge is 2.32.